The predicted octanol–water partition coefficient (Wildman–Crippen LogP) is 3.94. The topological polar surface area (TPSA) is 82.8 Å². The average Bonchev–Trinajstić information content (AvgIpc) is 3.49. The highest BCUT2D eigenvalue weighted by Gasteiger charge is 2.19. The molecule has 0 aliphatic carbocycles. The van der Waals surface area contributed by atoms with Gasteiger partial charge in [0, 0.05) is 50.3 Å². The second-order valence-electron chi connectivity index (χ2n) is 8.17. The molecule has 1 amide bonds. The van der Waals surface area contributed by atoms with Crippen LogP contribution in [-0.2, 0) is 13.0 Å². The van der Waals surface area contributed by atoms with E-state index in [2.05, 4.69) is 44.5 Å². The first-order valence-corrected chi connectivity index (χ1v) is 12.5. The van der Waals surface area contributed by atoms with Crippen LogP contribution in [0.5, 0.6) is 0 Å². The number of aliphatic hydroxyl groups is 1. The predicted molar refractivity (Wildman–Crippen MR) is 136 cm³/mol. The number of benzene rings is 1. The van der Waals surface area contributed by atoms with Gasteiger partial charge in [0.1, 0.15) is 11.3 Å². The number of carbonyl (C=O) groups excluding carboxylic acids is 1. The van der Waals surface area contributed by atoms with Gasteiger partial charge >= 0.3 is 0 Å². The van der Waals surface area contributed by atoms with E-state index in [1.54, 1.807) is 17.5 Å². The highest BCUT2D eigenvalue weighted by atomic mass is 32.1. The summed E-state index contributed by atoms with van der Waals surface area (Å²) in [6.07, 6.45) is 5.88. The fourth-order valence-corrected chi connectivity index (χ4v) is 4.88. The van der Waals surface area contributed by atoms with Crippen molar-refractivity contribution in [2.45, 2.75) is 39.8 Å². The molecule has 0 spiro atoms. The van der Waals surface area contributed by atoms with Crippen LogP contribution in [0.25, 0.3) is 16.1 Å². The van der Waals surface area contributed by atoms with E-state index in [1.807, 2.05) is 49.7 Å². The third-order valence-corrected chi connectivity index (χ3v) is 6.73. The van der Waals surface area contributed by atoms with E-state index < -0.39 is 6.10 Å². The molecular formula is C26H31N5O2S. The lowest BCUT2D eigenvalue weighted by molar-refractivity contribution is 0.0838. The molecule has 7 nitrogen and oxygen atoms in total. The molecule has 3 aromatic heterocycles. The van der Waals surface area contributed by atoms with Crippen LogP contribution in [0.1, 0.15) is 40.5 Å². The van der Waals surface area contributed by atoms with Gasteiger partial charge in [-0.1, -0.05) is 38.1 Å². The van der Waals surface area contributed by atoms with Crippen LogP contribution in [0.4, 0.5) is 0 Å². The zero-order valence-corrected chi connectivity index (χ0v) is 20.7. The molecule has 178 valence electrons. The molecule has 0 saturated heterocycles. The number of fused-ring (bicyclic) bond motifs is 2. The summed E-state index contributed by atoms with van der Waals surface area (Å²) in [7, 11) is 0. The first kappa shape index (κ1) is 24.1. The van der Waals surface area contributed by atoms with Crippen LogP contribution in [0.3, 0.4) is 0 Å². The van der Waals surface area contributed by atoms with Crippen LogP contribution >= 0.6 is 11.3 Å². The highest BCUT2D eigenvalue weighted by molar-refractivity contribution is 7.15. The Morgan fingerprint density at radius 1 is 1.18 bits per heavy atom. The van der Waals surface area contributed by atoms with Crippen LogP contribution < -0.4 is 5.32 Å². The van der Waals surface area contributed by atoms with Gasteiger partial charge in [0.2, 0.25) is 0 Å². The third-order valence-electron chi connectivity index (χ3n) is 5.77. The molecule has 2 N–H and O–H groups in total. The lowest BCUT2D eigenvalue weighted by Gasteiger charge is -2.30. The van der Waals surface area contributed by atoms with Crippen molar-refractivity contribution in [3.63, 3.8) is 0 Å². The summed E-state index contributed by atoms with van der Waals surface area (Å²) in [5.74, 6) is -0.285. The number of aryl methyl sites for hydroxylation is 1. The Bertz CT molecular complexity index is 1270. The molecular weight excluding hydrogens is 446 g/mol. The van der Waals surface area contributed by atoms with Gasteiger partial charge in [-0.3, -0.25) is 9.69 Å². The number of nitrogens with one attached hydrogen (secondary N) is 1. The summed E-state index contributed by atoms with van der Waals surface area (Å²) in [6, 6.07) is 12.3. The summed E-state index contributed by atoms with van der Waals surface area (Å²) in [5.41, 5.74) is 4.76. The Morgan fingerprint density at radius 2 is 1.97 bits per heavy atom. The second-order valence-corrected chi connectivity index (χ2v) is 9.41. The van der Waals surface area contributed by atoms with Gasteiger partial charge in [-0.05, 0) is 36.6 Å². The molecule has 34 heavy (non-hydrogen) atoms. The van der Waals surface area contributed by atoms with Crippen LogP contribution in [0, 0.1) is 6.92 Å². The maximum Gasteiger partial charge on any atom is 0.271 e. The van der Waals surface area contributed by atoms with E-state index in [4.69, 9.17) is 0 Å². The van der Waals surface area contributed by atoms with Crippen LogP contribution in [0.2, 0.25) is 0 Å². The Kier molecular flexibility index (Phi) is 7.72. The molecule has 1 atom stereocenters. The minimum Gasteiger partial charge on any atom is -0.390 e. The number of rotatable bonds is 6. The zero-order chi connectivity index (χ0) is 24.1. The van der Waals surface area contributed by atoms with E-state index in [0.29, 0.717) is 17.9 Å². The van der Waals surface area contributed by atoms with E-state index in [-0.39, 0.29) is 12.5 Å². The maximum absolute atomic E-state index is 12.6. The fraction of sp³-hybridized carbons (Fsp3) is 0.346. The number of hydrogen-bond acceptors (Lipinski definition) is 6. The number of carbonyl (C=O) groups is 1. The van der Waals surface area contributed by atoms with Crippen molar-refractivity contribution in [1.29, 1.82) is 0 Å². The van der Waals surface area contributed by atoms with Gasteiger partial charge in [-0.25, -0.2) is 9.97 Å². The molecule has 1 unspecified atom stereocenters. The van der Waals surface area contributed by atoms with Gasteiger partial charge in [0.05, 0.1) is 16.0 Å². The second kappa shape index (κ2) is 10.9. The van der Waals surface area contributed by atoms with Gasteiger partial charge in [-0.15, -0.1) is 11.3 Å². The number of β-amino-alcohol motifs (C(OH)–C–C–N with tert-alkyl or cyclic N) is 1. The Balaban J connectivity index is 0.00000133. The molecule has 1 aromatic carbocycles. The van der Waals surface area contributed by atoms with E-state index >= 15 is 0 Å². The third kappa shape index (κ3) is 5.52. The number of pyridine rings is 1. The molecule has 0 bridgehead atoms. The van der Waals surface area contributed by atoms with Crippen LogP contribution in [-0.4, -0.2) is 56.0 Å². The summed E-state index contributed by atoms with van der Waals surface area (Å²) in [6.45, 7) is 8.43. The zero-order valence-electron chi connectivity index (χ0n) is 19.9. The molecule has 5 rings (SSSR count). The first-order valence-electron chi connectivity index (χ1n) is 11.7. The monoisotopic (exact) mass is 477 g/mol. The summed E-state index contributed by atoms with van der Waals surface area (Å²) >= 11 is 1.63. The van der Waals surface area contributed by atoms with Crippen molar-refractivity contribution in [1.82, 2.24) is 24.6 Å². The molecule has 0 fully saturated rings. The molecule has 4 aromatic rings. The SMILES string of the molecule is CC.Cc1ncc(-c2ccc3nc(C(=O)NCC(O)CN4CCc5ccccc5C4)cn3c2)s1. The molecule has 1 aliphatic heterocycles. The van der Waals surface area contributed by atoms with Crippen molar-refractivity contribution in [2.75, 3.05) is 19.6 Å². The number of thiazole rings is 1. The van der Waals surface area contributed by atoms with Crippen molar-refractivity contribution >= 4 is 22.9 Å². The largest absolute Gasteiger partial charge is 0.390 e. The van der Waals surface area contributed by atoms with Gasteiger partial charge < -0.3 is 14.8 Å². The summed E-state index contributed by atoms with van der Waals surface area (Å²) < 4.78 is 1.85. The van der Waals surface area contributed by atoms with Crippen molar-refractivity contribution in [2.24, 2.45) is 0 Å². The van der Waals surface area contributed by atoms with Crippen molar-refractivity contribution in [3.8, 4) is 10.4 Å². The molecule has 1 aliphatic rings. The summed E-state index contributed by atoms with van der Waals surface area (Å²) in [4.78, 5) is 24.6. The fourth-order valence-electron chi connectivity index (χ4n) is 4.12. The van der Waals surface area contributed by atoms with E-state index in [0.717, 1.165) is 35.0 Å². The van der Waals surface area contributed by atoms with Crippen molar-refractivity contribution in [3.05, 3.63) is 76.8 Å². The average molecular weight is 478 g/mol. The Morgan fingerprint density at radius 3 is 2.74 bits per heavy atom. The minimum absolute atomic E-state index is 0.191. The van der Waals surface area contributed by atoms with E-state index in [1.165, 1.54) is 11.1 Å². The van der Waals surface area contributed by atoms with Crippen molar-refractivity contribution < 1.29 is 9.90 Å². The number of aliphatic hydroxyl groups excluding tert-OH is 1. The smallest absolute Gasteiger partial charge is 0.271 e. The molecule has 0 radical (unpaired) electrons. The maximum atomic E-state index is 12.6. The highest BCUT2D eigenvalue weighted by Crippen LogP contribution is 2.26. The standard InChI is InChI=1S/C24H25N5O2S.C2H6/c1-16-25-11-22(32-16)19-6-7-23-27-21(15-29(23)13-19)24(31)26-10-20(30)14-28-9-8-17-4-2-3-5-18(17)12-28;1-2/h2-7,11,13,15,20,30H,8-10,12,14H2,1H3,(H,26,31);1-2H3. The molecule has 8 heteroatoms. The van der Waals surface area contributed by atoms with Gasteiger partial charge in [0.15, 0.2) is 0 Å². The molecule has 0 saturated carbocycles. The number of amides is 1. The molecule has 4 heterocycles. The Labute approximate surface area is 204 Å². The summed E-state index contributed by atoms with van der Waals surface area (Å²) in [5, 5.41) is 14.3. The van der Waals surface area contributed by atoms with Gasteiger partial charge in [0.25, 0.3) is 5.91 Å². The lowest BCUT2D eigenvalue weighted by atomic mass is 10.00. The quantitative estimate of drug-likeness (QED) is 0.440. The first-order chi connectivity index (χ1) is 16.5. The minimum atomic E-state index is -0.637. The number of hydrogen-bond donors (Lipinski definition) is 2. The Hall–Kier alpha value is -3.07. The van der Waals surface area contributed by atoms with E-state index in [9.17, 15) is 9.90 Å². The van der Waals surface area contributed by atoms with Crippen LogP contribution in [0.15, 0.2) is 55.0 Å². The van der Waals surface area contributed by atoms with Gasteiger partial charge in [-0.2, -0.15) is 0 Å². The number of aromatic nitrogens is 3. The number of nitrogens with zero attached hydrogens (tertiary/aromatic N) is 4. The number of imidazole rings is 1. The normalized spacial score (nSPS) is 14.2. The lowest BCUT2D eigenvalue weighted by Crippen LogP contribution is -2.42.